The summed E-state index contributed by atoms with van der Waals surface area (Å²) >= 11 is 0. The van der Waals surface area contributed by atoms with Gasteiger partial charge in [-0.05, 0) is 38.4 Å². The van der Waals surface area contributed by atoms with Crippen molar-refractivity contribution in [1.29, 1.82) is 0 Å². The predicted molar refractivity (Wildman–Crippen MR) is 87.4 cm³/mol. The molecule has 1 saturated carbocycles. The molecule has 0 aliphatic heterocycles. The van der Waals surface area contributed by atoms with Gasteiger partial charge >= 0.3 is 5.97 Å². The molecule has 1 rings (SSSR count). The number of esters is 1. The Morgan fingerprint density at radius 2 is 2.09 bits per heavy atom. The van der Waals surface area contributed by atoms with Crippen molar-refractivity contribution >= 4 is 24.4 Å². The minimum Gasteiger partial charge on any atom is -0.453 e. The fourth-order valence-electron chi connectivity index (χ4n) is 2.42. The van der Waals surface area contributed by atoms with Gasteiger partial charge in [0.25, 0.3) is 0 Å². The average molecular weight is 325 g/mol. The number of aliphatic imine (C=N–C) groups is 1. The van der Waals surface area contributed by atoms with Crippen molar-refractivity contribution in [1.82, 2.24) is 10.6 Å². The van der Waals surface area contributed by atoms with E-state index in [-0.39, 0.29) is 11.9 Å². The van der Waals surface area contributed by atoms with Gasteiger partial charge in [-0.3, -0.25) is 14.4 Å². The van der Waals surface area contributed by atoms with Crippen LogP contribution in [-0.4, -0.2) is 56.7 Å². The second-order valence-corrected chi connectivity index (χ2v) is 5.86. The molecule has 7 nitrogen and oxygen atoms in total. The fraction of sp³-hybridized carbons (Fsp3) is 0.750. The number of likely N-dealkylation sites (N-methyl/N-ethyl adjacent to an activating group) is 1. The van der Waals surface area contributed by atoms with Crippen LogP contribution in [-0.2, 0) is 19.1 Å². The van der Waals surface area contributed by atoms with Crippen molar-refractivity contribution in [2.45, 2.75) is 57.2 Å². The van der Waals surface area contributed by atoms with Crippen molar-refractivity contribution in [3.63, 3.8) is 0 Å². The summed E-state index contributed by atoms with van der Waals surface area (Å²) in [6.07, 6.45) is 5.43. The van der Waals surface area contributed by atoms with Gasteiger partial charge in [0.2, 0.25) is 5.91 Å². The minimum absolute atomic E-state index is 0.170. The standard InChI is InChI=1S/C16H27N3O4/c1-11(21)23-15(10-20)13(5-4-8-17-2)19-16(22)14(18-3)9-12-6-7-12/h8,10,12-15,18H,4-7,9H2,1-3H3,(H,19,22). The number of ether oxygens (including phenoxy) is 1. The lowest BCUT2D eigenvalue weighted by Crippen LogP contribution is -2.52. The van der Waals surface area contributed by atoms with Gasteiger partial charge in [0.05, 0.1) is 12.1 Å². The maximum absolute atomic E-state index is 12.4. The van der Waals surface area contributed by atoms with Crippen molar-refractivity contribution in [2.24, 2.45) is 10.9 Å². The molecule has 23 heavy (non-hydrogen) atoms. The summed E-state index contributed by atoms with van der Waals surface area (Å²) < 4.78 is 5.01. The molecule has 0 bridgehead atoms. The Morgan fingerprint density at radius 1 is 1.39 bits per heavy atom. The molecule has 3 unspecified atom stereocenters. The third-order valence-electron chi connectivity index (χ3n) is 3.88. The number of nitrogens with zero attached hydrogens (tertiary/aromatic N) is 1. The first kappa shape index (κ1) is 19.3. The third kappa shape index (κ3) is 7.36. The lowest BCUT2D eigenvalue weighted by Gasteiger charge is -2.26. The molecule has 1 aliphatic rings. The van der Waals surface area contributed by atoms with Crippen LogP contribution < -0.4 is 10.6 Å². The molecule has 0 aromatic carbocycles. The number of hydrogen-bond donors (Lipinski definition) is 2. The van der Waals surface area contributed by atoms with Crippen LogP contribution in [0.3, 0.4) is 0 Å². The smallest absolute Gasteiger partial charge is 0.303 e. The summed E-state index contributed by atoms with van der Waals surface area (Å²) in [5, 5.41) is 5.85. The molecule has 0 radical (unpaired) electrons. The zero-order valence-corrected chi connectivity index (χ0v) is 14.1. The Bertz CT molecular complexity index is 435. The van der Waals surface area contributed by atoms with Gasteiger partial charge in [-0.2, -0.15) is 0 Å². The summed E-state index contributed by atoms with van der Waals surface area (Å²) in [5.74, 6) is -0.121. The average Bonchev–Trinajstić information content (AvgIpc) is 3.33. The van der Waals surface area contributed by atoms with Crippen LogP contribution in [0.4, 0.5) is 0 Å². The second kappa shape index (κ2) is 10.1. The van der Waals surface area contributed by atoms with E-state index in [0.717, 1.165) is 19.3 Å². The Balaban J connectivity index is 2.69. The first-order valence-electron chi connectivity index (χ1n) is 8.02. The second-order valence-electron chi connectivity index (χ2n) is 5.86. The summed E-state index contributed by atoms with van der Waals surface area (Å²) in [4.78, 5) is 38.7. The van der Waals surface area contributed by atoms with Crippen LogP contribution in [0.1, 0.15) is 39.0 Å². The molecule has 7 heteroatoms. The Morgan fingerprint density at radius 3 is 2.57 bits per heavy atom. The van der Waals surface area contributed by atoms with Gasteiger partial charge in [0.15, 0.2) is 12.4 Å². The minimum atomic E-state index is -0.986. The quantitative estimate of drug-likeness (QED) is 0.327. The Labute approximate surface area is 137 Å². The number of aldehydes is 1. The molecule has 1 aliphatic carbocycles. The number of carbonyl (C=O) groups excluding carboxylic acids is 3. The first-order valence-corrected chi connectivity index (χ1v) is 8.02. The van der Waals surface area contributed by atoms with Crippen molar-refractivity contribution < 1.29 is 19.1 Å². The zero-order chi connectivity index (χ0) is 17.2. The van der Waals surface area contributed by atoms with Crippen LogP contribution in [0.2, 0.25) is 0 Å². The highest BCUT2D eigenvalue weighted by atomic mass is 16.5. The van der Waals surface area contributed by atoms with E-state index in [1.165, 1.54) is 6.92 Å². The summed E-state index contributed by atoms with van der Waals surface area (Å²) in [6, 6.07) is -0.855. The normalized spacial score (nSPS) is 18.2. The van der Waals surface area contributed by atoms with Crippen LogP contribution in [0.5, 0.6) is 0 Å². The van der Waals surface area contributed by atoms with Crippen LogP contribution in [0, 0.1) is 5.92 Å². The molecular weight excluding hydrogens is 298 g/mol. The van der Waals surface area contributed by atoms with Crippen LogP contribution in [0.15, 0.2) is 4.99 Å². The highest BCUT2D eigenvalue weighted by Gasteiger charge is 2.31. The lowest BCUT2D eigenvalue weighted by atomic mass is 10.0. The summed E-state index contributed by atoms with van der Waals surface area (Å²) in [6.45, 7) is 1.24. The predicted octanol–water partition coefficient (Wildman–Crippen LogP) is 0.471. The number of hydrogen-bond acceptors (Lipinski definition) is 6. The molecule has 1 amide bonds. The van der Waals surface area contributed by atoms with Crippen molar-refractivity contribution in [2.75, 3.05) is 14.1 Å². The molecule has 0 aromatic rings. The van der Waals surface area contributed by atoms with E-state index in [1.807, 2.05) is 0 Å². The molecule has 130 valence electrons. The highest BCUT2D eigenvalue weighted by Crippen LogP contribution is 2.33. The van der Waals surface area contributed by atoms with Gasteiger partial charge in [0.1, 0.15) is 0 Å². The lowest BCUT2D eigenvalue weighted by molar-refractivity contribution is -0.152. The van der Waals surface area contributed by atoms with Gasteiger partial charge < -0.3 is 20.4 Å². The van der Waals surface area contributed by atoms with E-state index in [0.29, 0.717) is 25.0 Å². The largest absolute Gasteiger partial charge is 0.453 e. The van der Waals surface area contributed by atoms with Gasteiger partial charge in [-0.25, -0.2) is 0 Å². The van der Waals surface area contributed by atoms with Gasteiger partial charge in [-0.15, -0.1) is 0 Å². The fourth-order valence-corrected chi connectivity index (χ4v) is 2.42. The molecular formula is C16H27N3O4. The summed E-state index contributed by atoms with van der Waals surface area (Å²) in [5.41, 5.74) is 0. The number of rotatable bonds is 11. The van der Waals surface area contributed by atoms with Crippen molar-refractivity contribution in [3.05, 3.63) is 0 Å². The van der Waals surface area contributed by atoms with E-state index < -0.39 is 18.1 Å². The zero-order valence-electron chi connectivity index (χ0n) is 14.1. The maximum atomic E-state index is 12.4. The molecule has 0 heterocycles. The molecule has 2 N–H and O–H groups in total. The number of nitrogens with one attached hydrogen (secondary N) is 2. The topological polar surface area (TPSA) is 96.9 Å². The molecule has 0 aromatic heterocycles. The van der Waals surface area contributed by atoms with E-state index in [4.69, 9.17) is 4.74 Å². The monoisotopic (exact) mass is 325 g/mol. The van der Waals surface area contributed by atoms with E-state index >= 15 is 0 Å². The third-order valence-corrected chi connectivity index (χ3v) is 3.88. The van der Waals surface area contributed by atoms with E-state index in [1.54, 1.807) is 20.3 Å². The maximum Gasteiger partial charge on any atom is 0.303 e. The van der Waals surface area contributed by atoms with Gasteiger partial charge in [0, 0.05) is 14.0 Å². The SMILES string of the molecule is CN=CCCC(NC(=O)C(CC1CC1)NC)C(C=O)OC(C)=O. The molecule has 3 atom stereocenters. The Kier molecular flexibility index (Phi) is 8.47. The van der Waals surface area contributed by atoms with E-state index in [2.05, 4.69) is 15.6 Å². The van der Waals surface area contributed by atoms with E-state index in [9.17, 15) is 14.4 Å². The number of carbonyl (C=O) groups is 3. The Hall–Kier alpha value is -1.76. The summed E-state index contributed by atoms with van der Waals surface area (Å²) in [7, 11) is 3.40. The molecule has 0 saturated heterocycles. The number of amides is 1. The van der Waals surface area contributed by atoms with Gasteiger partial charge in [-0.1, -0.05) is 12.8 Å². The van der Waals surface area contributed by atoms with Crippen LogP contribution in [0.25, 0.3) is 0 Å². The highest BCUT2D eigenvalue weighted by molar-refractivity contribution is 5.83. The molecule has 0 spiro atoms. The van der Waals surface area contributed by atoms with Crippen molar-refractivity contribution in [3.8, 4) is 0 Å². The first-order chi connectivity index (χ1) is 11.0. The van der Waals surface area contributed by atoms with Crippen LogP contribution >= 0.6 is 0 Å². The molecule has 1 fully saturated rings.